The number of ether oxygens (including phenoxy) is 1. The highest BCUT2D eigenvalue weighted by Crippen LogP contribution is 2.49. The summed E-state index contributed by atoms with van der Waals surface area (Å²) in [6.07, 6.45) is 5.17. The first-order chi connectivity index (χ1) is 10.3. The Balaban J connectivity index is 1.72. The maximum Gasteiger partial charge on any atom is 0.0675 e. The summed E-state index contributed by atoms with van der Waals surface area (Å²) in [5.74, 6) is 0.756. The summed E-state index contributed by atoms with van der Waals surface area (Å²) in [7, 11) is 0. The van der Waals surface area contributed by atoms with Crippen molar-refractivity contribution in [2.24, 2.45) is 17.1 Å². The van der Waals surface area contributed by atoms with Gasteiger partial charge in [0.25, 0.3) is 0 Å². The fourth-order valence-corrected chi connectivity index (χ4v) is 4.05. The van der Waals surface area contributed by atoms with Crippen molar-refractivity contribution < 1.29 is 4.74 Å². The van der Waals surface area contributed by atoms with Crippen LogP contribution >= 0.6 is 0 Å². The van der Waals surface area contributed by atoms with Gasteiger partial charge in [-0.1, -0.05) is 42.5 Å². The molecule has 2 fully saturated rings. The molecule has 2 heteroatoms. The van der Waals surface area contributed by atoms with Gasteiger partial charge in [0.1, 0.15) is 0 Å². The van der Waals surface area contributed by atoms with Gasteiger partial charge in [0, 0.05) is 18.6 Å². The van der Waals surface area contributed by atoms with E-state index >= 15 is 0 Å². The molecule has 2 nitrogen and oxygen atoms in total. The van der Waals surface area contributed by atoms with Crippen molar-refractivity contribution in [3.8, 4) is 0 Å². The van der Waals surface area contributed by atoms with Crippen molar-refractivity contribution in [1.29, 1.82) is 0 Å². The van der Waals surface area contributed by atoms with E-state index in [9.17, 15) is 0 Å². The van der Waals surface area contributed by atoms with Gasteiger partial charge >= 0.3 is 0 Å². The van der Waals surface area contributed by atoms with Gasteiger partial charge in [0.05, 0.1) is 6.10 Å². The molecule has 0 bridgehead atoms. The van der Waals surface area contributed by atoms with Crippen molar-refractivity contribution in [1.82, 2.24) is 0 Å². The molecule has 0 radical (unpaired) electrons. The number of benzene rings is 2. The first kappa shape index (κ1) is 13.3. The minimum Gasteiger partial charge on any atom is -0.377 e. The number of hydrogen-bond acceptors (Lipinski definition) is 2. The van der Waals surface area contributed by atoms with E-state index in [0.717, 1.165) is 31.9 Å². The Bertz CT molecular complexity index is 644. The van der Waals surface area contributed by atoms with Crippen molar-refractivity contribution in [2.45, 2.75) is 31.8 Å². The molecule has 2 atom stereocenters. The monoisotopic (exact) mass is 281 g/mol. The summed E-state index contributed by atoms with van der Waals surface area (Å²) in [5, 5.41) is 2.69. The van der Waals surface area contributed by atoms with Crippen LogP contribution in [0.15, 0.2) is 42.5 Å². The van der Waals surface area contributed by atoms with E-state index in [4.69, 9.17) is 10.5 Å². The smallest absolute Gasteiger partial charge is 0.0675 e. The zero-order valence-corrected chi connectivity index (χ0v) is 12.4. The van der Waals surface area contributed by atoms with Crippen molar-refractivity contribution in [2.75, 3.05) is 13.2 Å². The average molecular weight is 281 g/mol. The molecular weight excluding hydrogens is 258 g/mol. The van der Waals surface area contributed by atoms with Gasteiger partial charge in [0.2, 0.25) is 0 Å². The lowest BCUT2D eigenvalue weighted by Crippen LogP contribution is -2.41. The third-order valence-corrected chi connectivity index (χ3v) is 5.38. The second kappa shape index (κ2) is 5.11. The highest BCUT2D eigenvalue weighted by atomic mass is 16.5. The van der Waals surface area contributed by atoms with Gasteiger partial charge < -0.3 is 10.5 Å². The molecule has 2 aliphatic rings. The maximum atomic E-state index is 6.24. The molecule has 21 heavy (non-hydrogen) atoms. The summed E-state index contributed by atoms with van der Waals surface area (Å²) < 4.78 is 6.09. The van der Waals surface area contributed by atoms with E-state index in [1.807, 2.05) is 0 Å². The van der Waals surface area contributed by atoms with Gasteiger partial charge in [-0.2, -0.15) is 0 Å². The summed E-state index contributed by atoms with van der Waals surface area (Å²) in [6, 6.07) is 15.3. The van der Waals surface area contributed by atoms with Crippen LogP contribution in [0.4, 0.5) is 0 Å². The molecule has 0 amide bonds. The molecule has 1 aliphatic heterocycles. The molecule has 1 saturated heterocycles. The highest BCUT2D eigenvalue weighted by molar-refractivity contribution is 5.85. The van der Waals surface area contributed by atoms with Gasteiger partial charge in [-0.15, -0.1) is 0 Å². The highest BCUT2D eigenvalue weighted by Gasteiger charge is 2.50. The van der Waals surface area contributed by atoms with E-state index in [1.54, 1.807) is 0 Å². The van der Waals surface area contributed by atoms with Gasteiger partial charge in [-0.05, 0) is 47.9 Å². The number of fused-ring (bicyclic) bond motifs is 1. The molecule has 0 spiro atoms. The molecule has 2 unspecified atom stereocenters. The minimum absolute atomic E-state index is 0.144. The van der Waals surface area contributed by atoms with E-state index < -0.39 is 0 Å². The Morgan fingerprint density at radius 2 is 1.90 bits per heavy atom. The van der Waals surface area contributed by atoms with Crippen LogP contribution in [0, 0.1) is 11.3 Å². The Morgan fingerprint density at radius 3 is 2.71 bits per heavy atom. The minimum atomic E-state index is 0.144. The fraction of sp³-hybridized carbons (Fsp3) is 0.474. The van der Waals surface area contributed by atoms with Crippen LogP contribution in [-0.4, -0.2) is 19.3 Å². The summed E-state index contributed by atoms with van der Waals surface area (Å²) in [5.41, 5.74) is 7.81. The lowest BCUT2D eigenvalue weighted by Gasteiger charge is -2.33. The van der Waals surface area contributed by atoms with Gasteiger partial charge in [0.15, 0.2) is 0 Å². The second-order valence-corrected chi connectivity index (χ2v) is 6.76. The standard InChI is InChI=1S/C19H23NO/c20-13-19(10-11-21-18(19)15-8-9-15)12-16-6-3-5-14-4-1-2-7-17(14)16/h1-7,15,18H,8-13,20H2. The predicted octanol–water partition coefficient (Wildman–Crippen LogP) is 3.53. The Kier molecular flexibility index (Phi) is 3.24. The predicted molar refractivity (Wildman–Crippen MR) is 86.2 cm³/mol. The van der Waals surface area contributed by atoms with Crippen LogP contribution < -0.4 is 5.73 Å². The molecule has 1 saturated carbocycles. The maximum absolute atomic E-state index is 6.24. The quantitative estimate of drug-likeness (QED) is 0.930. The molecule has 1 heterocycles. The van der Waals surface area contributed by atoms with Crippen molar-refractivity contribution in [3.63, 3.8) is 0 Å². The van der Waals surface area contributed by atoms with Crippen molar-refractivity contribution in [3.05, 3.63) is 48.0 Å². The molecule has 2 N–H and O–H groups in total. The molecule has 2 aromatic carbocycles. The Morgan fingerprint density at radius 1 is 1.10 bits per heavy atom. The Hall–Kier alpha value is -1.38. The molecule has 1 aliphatic carbocycles. The third kappa shape index (κ3) is 2.27. The molecular formula is C19H23NO. The van der Waals surface area contributed by atoms with Crippen LogP contribution in [0.1, 0.15) is 24.8 Å². The lowest BCUT2D eigenvalue weighted by atomic mass is 9.73. The number of hydrogen-bond donors (Lipinski definition) is 1. The molecule has 0 aromatic heterocycles. The van der Waals surface area contributed by atoms with E-state index in [1.165, 1.54) is 29.2 Å². The second-order valence-electron chi connectivity index (χ2n) is 6.76. The topological polar surface area (TPSA) is 35.2 Å². The zero-order chi connectivity index (χ0) is 14.3. The summed E-state index contributed by atoms with van der Waals surface area (Å²) in [6.45, 7) is 1.61. The van der Waals surface area contributed by atoms with E-state index in [-0.39, 0.29) is 5.41 Å². The Labute approximate surface area is 126 Å². The molecule has 2 aromatic rings. The van der Waals surface area contributed by atoms with Gasteiger partial charge in [-0.25, -0.2) is 0 Å². The first-order valence-electron chi connectivity index (χ1n) is 8.11. The zero-order valence-electron chi connectivity index (χ0n) is 12.4. The van der Waals surface area contributed by atoms with Crippen LogP contribution in [0.25, 0.3) is 10.8 Å². The van der Waals surface area contributed by atoms with E-state index in [2.05, 4.69) is 42.5 Å². The summed E-state index contributed by atoms with van der Waals surface area (Å²) >= 11 is 0. The fourth-order valence-electron chi connectivity index (χ4n) is 4.05. The third-order valence-electron chi connectivity index (χ3n) is 5.38. The SMILES string of the molecule is NCC1(Cc2cccc3ccccc23)CCOC1C1CC1. The lowest BCUT2D eigenvalue weighted by molar-refractivity contribution is 0.0346. The van der Waals surface area contributed by atoms with Crippen LogP contribution in [0.2, 0.25) is 0 Å². The van der Waals surface area contributed by atoms with Crippen LogP contribution in [0.3, 0.4) is 0 Å². The summed E-state index contributed by atoms with van der Waals surface area (Å²) in [4.78, 5) is 0. The average Bonchev–Trinajstić information content (AvgIpc) is 3.29. The largest absolute Gasteiger partial charge is 0.377 e. The first-order valence-corrected chi connectivity index (χ1v) is 8.11. The van der Waals surface area contributed by atoms with Crippen LogP contribution in [0.5, 0.6) is 0 Å². The number of rotatable bonds is 4. The van der Waals surface area contributed by atoms with Crippen molar-refractivity contribution >= 4 is 10.8 Å². The molecule has 4 rings (SSSR count). The normalized spacial score (nSPS) is 29.1. The van der Waals surface area contributed by atoms with Crippen LogP contribution in [-0.2, 0) is 11.2 Å². The molecule has 110 valence electrons. The van der Waals surface area contributed by atoms with E-state index in [0.29, 0.717) is 6.10 Å². The van der Waals surface area contributed by atoms with Gasteiger partial charge in [-0.3, -0.25) is 0 Å². The number of nitrogens with two attached hydrogens (primary N) is 1.